The first-order chi connectivity index (χ1) is 9.60. The molecule has 0 bridgehead atoms. The van der Waals surface area contributed by atoms with Crippen LogP contribution in [0.3, 0.4) is 0 Å². The Bertz CT molecular complexity index is 423. The first kappa shape index (κ1) is 15.7. The fourth-order valence-corrected chi connectivity index (χ4v) is 3.03. The summed E-state index contributed by atoms with van der Waals surface area (Å²) in [6.07, 6.45) is 3.93. The first-order valence-corrected chi connectivity index (χ1v) is 8.24. The summed E-state index contributed by atoms with van der Waals surface area (Å²) in [4.78, 5) is 2.47. The maximum absolute atomic E-state index is 6.42. The van der Waals surface area contributed by atoms with Crippen molar-refractivity contribution >= 4 is 17.3 Å². The second-order valence-electron chi connectivity index (χ2n) is 6.15. The van der Waals surface area contributed by atoms with E-state index < -0.39 is 0 Å². The Morgan fingerprint density at radius 3 is 2.55 bits per heavy atom. The van der Waals surface area contributed by atoms with Crippen molar-refractivity contribution in [3.8, 4) is 0 Å². The van der Waals surface area contributed by atoms with Crippen LogP contribution in [-0.2, 0) is 6.54 Å². The van der Waals surface area contributed by atoms with Crippen LogP contribution in [0.4, 0.5) is 5.69 Å². The van der Waals surface area contributed by atoms with E-state index >= 15 is 0 Å². The topological polar surface area (TPSA) is 15.3 Å². The van der Waals surface area contributed by atoms with Gasteiger partial charge in [0.05, 0.1) is 0 Å². The second-order valence-corrected chi connectivity index (χ2v) is 6.56. The van der Waals surface area contributed by atoms with Crippen molar-refractivity contribution in [2.45, 2.75) is 52.6 Å². The molecule has 0 saturated carbocycles. The lowest BCUT2D eigenvalue weighted by Gasteiger charge is -2.33. The highest BCUT2D eigenvalue weighted by atomic mass is 35.5. The van der Waals surface area contributed by atoms with Gasteiger partial charge in [0, 0.05) is 36.4 Å². The van der Waals surface area contributed by atoms with Crippen LogP contribution in [0, 0.1) is 5.92 Å². The summed E-state index contributed by atoms with van der Waals surface area (Å²) >= 11 is 6.42. The van der Waals surface area contributed by atoms with E-state index in [1.165, 1.54) is 43.6 Å². The van der Waals surface area contributed by atoms with Gasteiger partial charge in [0.2, 0.25) is 0 Å². The summed E-state index contributed by atoms with van der Waals surface area (Å²) in [5.74, 6) is 0.913. The maximum Gasteiger partial charge on any atom is 0.0471 e. The molecule has 0 unspecified atom stereocenters. The summed E-state index contributed by atoms with van der Waals surface area (Å²) in [7, 11) is 0. The third-order valence-corrected chi connectivity index (χ3v) is 4.65. The van der Waals surface area contributed by atoms with Gasteiger partial charge in [-0.1, -0.05) is 44.9 Å². The molecule has 0 aromatic heterocycles. The summed E-state index contributed by atoms with van der Waals surface area (Å²) < 4.78 is 0. The van der Waals surface area contributed by atoms with Gasteiger partial charge in [0.15, 0.2) is 0 Å². The zero-order valence-electron chi connectivity index (χ0n) is 13.0. The van der Waals surface area contributed by atoms with Crippen LogP contribution < -0.4 is 10.2 Å². The van der Waals surface area contributed by atoms with Gasteiger partial charge in [-0.2, -0.15) is 0 Å². The minimum Gasteiger partial charge on any atom is -0.371 e. The molecule has 0 aliphatic carbocycles. The number of nitrogens with zero attached hydrogens (tertiary/aromatic N) is 1. The average molecular weight is 295 g/mol. The van der Waals surface area contributed by atoms with Gasteiger partial charge in [0.1, 0.15) is 0 Å². The molecule has 20 heavy (non-hydrogen) atoms. The highest BCUT2D eigenvalue weighted by Crippen LogP contribution is 2.28. The smallest absolute Gasteiger partial charge is 0.0471 e. The van der Waals surface area contributed by atoms with Crippen LogP contribution in [0.15, 0.2) is 18.2 Å². The molecule has 3 heteroatoms. The van der Waals surface area contributed by atoms with Crippen LogP contribution in [0.1, 0.15) is 45.6 Å². The number of piperidine rings is 1. The molecular weight excluding hydrogens is 268 g/mol. The van der Waals surface area contributed by atoms with E-state index in [-0.39, 0.29) is 0 Å². The van der Waals surface area contributed by atoms with Gasteiger partial charge >= 0.3 is 0 Å². The molecule has 2 nitrogen and oxygen atoms in total. The second kappa shape index (κ2) is 7.33. The quantitative estimate of drug-likeness (QED) is 0.862. The Kier molecular flexibility index (Phi) is 5.74. The molecule has 1 fully saturated rings. The van der Waals surface area contributed by atoms with Crippen molar-refractivity contribution in [3.05, 3.63) is 28.8 Å². The molecule has 1 aliphatic heterocycles. The van der Waals surface area contributed by atoms with E-state index in [4.69, 9.17) is 11.6 Å². The molecule has 1 aromatic rings. The van der Waals surface area contributed by atoms with Gasteiger partial charge < -0.3 is 10.2 Å². The molecule has 0 radical (unpaired) electrons. The van der Waals surface area contributed by atoms with Crippen molar-refractivity contribution in [2.24, 2.45) is 5.92 Å². The summed E-state index contributed by atoms with van der Waals surface area (Å²) in [6.45, 7) is 9.78. The molecule has 1 aliphatic rings. The Morgan fingerprint density at radius 1 is 1.30 bits per heavy atom. The van der Waals surface area contributed by atoms with Crippen molar-refractivity contribution < 1.29 is 0 Å². The van der Waals surface area contributed by atoms with Gasteiger partial charge in [-0.05, 0) is 36.5 Å². The van der Waals surface area contributed by atoms with Crippen LogP contribution in [0.5, 0.6) is 0 Å². The normalized spacial score (nSPS) is 16.9. The number of halogens is 1. The van der Waals surface area contributed by atoms with E-state index in [0.717, 1.165) is 17.5 Å². The van der Waals surface area contributed by atoms with Crippen molar-refractivity contribution in [2.75, 3.05) is 18.0 Å². The Balaban J connectivity index is 1.98. The zero-order chi connectivity index (χ0) is 14.5. The molecule has 0 spiro atoms. The Hall–Kier alpha value is -0.730. The molecule has 1 saturated heterocycles. The van der Waals surface area contributed by atoms with Crippen LogP contribution in [0.2, 0.25) is 5.02 Å². The number of benzene rings is 1. The van der Waals surface area contributed by atoms with E-state index in [0.29, 0.717) is 6.04 Å². The molecule has 1 heterocycles. The number of anilines is 1. The largest absolute Gasteiger partial charge is 0.371 e. The number of rotatable bonds is 5. The fourth-order valence-electron chi connectivity index (χ4n) is 2.79. The van der Waals surface area contributed by atoms with Crippen molar-refractivity contribution in [1.29, 1.82) is 0 Å². The van der Waals surface area contributed by atoms with Gasteiger partial charge in [-0.3, -0.25) is 0 Å². The SMILES string of the molecule is CCC1CCN(c2ccc(CNC(C)C)c(Cl)c2)CC1. The van der Waals surface area contributed by atoms with Crippen LogP contribution in [-0.4, -0.2) is 19.1 Å². The van der Waals surface area contributed by atoms with Crippen LogP contribution >= 0.6 is 11.6 Å². The number of hydrogen-bond donors (Lipinski definition) is 1. The van der Waals surface area contributed by atoms with Gasteiger partial charge in [-0.15, -0.1) is 0 Å². The predicted octanol–water partition coefficient (Wildman–Crippen LogP) is 4.46. The minimum atomic E-state index is 0.485. The molecule has 0 amide bonds. The van der Waals surface area contributed by atoms with Crippen molar-refractivity contribution in [3.63, 3.8) is 0 Å². The summed E-state index contributed by atoms with van der Waals surface area (Å²) in [5.41, 5.74) is 2.46. The standard InChI is InChI=1S/C17H27ClN2/c1-4-14-7-9-20(10-8-14)16-6-5-15(17(18)11-16)12-19-13(2)3/h5-6,11,13-14,19H,4,7-10,12H2,1-3H3. The molecule has 1 aromatic carbocycles. The Morgan fingerprint density at radius 2 is 2.00 bits per heavy atom. The fraction of sp³-hybridized carbons (Fsp3) is 0.647. The molecular formula is C17H27ClN2. The van der Waals surface area contributed by atoms with Gasteiger partial charge in [0.25, 0.3) is 0 Å². The number of nitrogens with one attached hydrogen (secondary N) is 1. The first-order valence-electron chi connectivity index (χ1n) is 7.87. The molecule has 0 atom stereocenters. The van der Waals surface area contributed by atoms with Crippen LogP contribution in [0.25, 0.3) is 0 Å². The van der Waals surface area contributed by atoms with Gasteiger partial charge in [-0.25, -0.2) is 0 Å². The highest BCUT2D eigenvalue weighted by molar-refractivity contribution is 6.31. The zero-order valence-corrected chi connectivity index (χ0v) is 13.7. The molecule has 2 rings (SSSR count). The molecule has 1 N–H and O–H groups in total. The van der Waals surface area contributed by atoms with Crippen molar-refractivity contribution in [1.82, 2.24) is 5.32 Å². The summed E-state index contributed by atoms with van der Waals surface area (Å²) in [6, 6.07) is 7.00. The highest BCUT2D eigenvalue weighted by Gasteiger charge is 2.18. The predicted molar refractivity (Wildman–Crippen MR) is 88.7 cm³/mol. The lowest BCUT2D eigenvalue weighted by molar-refractivity contribution is 0.395. The molecule has 112 valence electrons. The lowest BCUT2D eigenvalue weighted by atomic mass is 9.94. The monoisotopic (exact) mass is 294 g/mol. The summed E-state index contributed by atoms with van der Waals surface area (Å²) in [5, 5.41) is 4.30. The Labute approximate surface area is 128 Å². The van der Waals surface area contributed by atoms with E-state index in [1.54, 1.807) is 0 Å². The van der Waals surface area contributed by atoms with E-state index in [1.807, 2.05) is 0 Å². The number of hydrogen-bond acceptors (Lipinski definition) is 2. The maximum atomic E-state index is 6.42. The van der Waals surface area contributed by atoms with E-state index in [9.17, 15) is 0 Å². The lowest BCUT2D eigenvalue weighted by Crippen LogP contribution is -2.33. The third kappa shape index (κ3) is 4.13. The minimum absolute atomic E-state index is 0.485. The average Bonchev–Trinajstić information content (AvgIpc) is 2.46. The van der Waals surface area contributed by atoms with E-state index in [2.05, 4.69) is 49.2 Å². The third-order valence-electron chi connectivity index (χ3n) is 4.29.